The molecule has 0 aromatic heterocycles. The topological polar surface area (TPSA) is 108 Å². The Bertz CT molecular complexity index is 2430. The molecule has 0 saturated carbocycles. The van der Waals surface area contributed by atoms with E-state index in [1.165, 1.54) is 539 Å². The molecule has 0 radical (unpaired) electrons. The van der Waals surface area contributed by atoms with E-state index in [0.29, 0.717) is 74.1 Å². The fourth-order valence-electron chi connectivity index (χ4n) is 19.8. The van der Waals surface area contributed by atoms with E-state index in [4.69, 9.17) is 37.9 Å². The van der Waals surface area contributed by atoms with Gasteiger partial charge >= 0.3 is 11.9 Å². The molecule has 10 heteroatoms. The van der Waals surface area contributed by atoms with Crippen LogP contribution in [0.25, 0.3) is 0 Å². The van der Waals surface area contributed by atoms with Gasteiger partial charge in [0.05, 0.1) is 52.5 Å². The van der Waals surface area contributed by atoms with Gasteiger partial charge in [-0.25, -0.2) is 0 Å². The number of ether oxygens (including phenoxy) is 8. The highest BCUT2D eigenvalue weighted by atomic mass is 16.6. The molecule has 0 saturated heterocycles. The van der Waals surface area contributed by atoms with Crippen molar-refractivity contribution in [2.45, 2.75) is 684 Å². The second-order valence-electron chi connectivity index (χ2n) is 42.6. The standard InChI is InChI=1S/C126H234O10/c1-7-13-19-25-31-37-43-49-55-61-67-73-79-85-91-97-105-129-119-111-117(112-120(130-106-98-92-86-80-74-68-62-56-50-44-38-32-26-20-14-8-2)125(119)133-109-101-95-89-83-77-71-65-59-53-47-41-35-29-23-17-11-5)115-135-123(127)103-104-124(128)136-116-118-113-121(131-107-99-93-87-81-75-69-63-57-51-45-39-33-27-21-15-9-3)126(134-110-102-96-90-84-78-72-66-60-54-48-42-36-30-24-18-12-6)122(114-118)132-108-100-94-88-82-76-70-64-58-52-46-40-34-28-22-16-10-4/h111-114H,7-110,115-116H2,1-6H3. The van der Waals surface area contributed by atoms with Crippen LogP contribution in [0.15, 0.2) is 24.3 Å². The molecule has 0 aliphatic carbocycles. The van der Waals surface area contributed by atoms with E-state index in [1.54, 1.807) is 0 Å². The second-order valence-corrected chi connectivity index (χ2v) is 42.6. The van der Waals surface area contributed by atoms with Gasteiger partial charge in [-0.2, -0.15) is 0 Å². The molecule has 0 aliphatic heterocycles. The van der Waals surface area contributed by atoms with Crippen LogP contribution in [-0.2, 0) is 32.3 Å². The summed E-state index contributed by atoms with van der Waals surface area (Å²) in [6.07, 6.45) is 127. The average Bonchev–Trinajstić information content (AvgIpc) is 0.827. The van der Waals surface area contributed by atoms with Gasteiger partial charge in [-0.05, 0) is 73.9 Å². The van der Waals surface area contributed by atoms with Gasteiger partial charge in [-0.3, -0.25) is 9.59 Å². The van der Waals surface area contributed by atoms with Gasteiger partial charge in [0.1, 0.15) is 13.2 Å². The third kappa shape index (κ3) is 87.9. The van der Waals surface area contributed by atoms with Crippen LogP contribution in [0.4, 0.5) is 0 Å². The van der Waals surface area contributed by atoms with Gasteiger partial charge in [0.25, 0.3) is 0 Å². The average molecular weight is 1910 g/mol. The van der Waals surface area contributed by atoms with Gasteiger partial charge in [0, 0.05) is 0 Å². The first-order valence-corrected chi connectivity index (χ1v) is 61.8. The number of benzene rings is 2. The molecule has 0 unspecified atom stereocenters. The lowest BCUT2D eigenvalue weighted by atomic mass is 10.0. The molecule has 0 amide bonds. The molecule has 0 bridgehead atoms. The zero-order chi connectivity index (χ0) is 97.2. The monoisotopic (exact) mass is 1910 g/mol. The summed E-state index contributed by atoms with van der Waals surface area (Å²) in [7, 11) is 0. The highest BCUT2D eigenvalue weighted by molar-refractivity contribution is 5.77. The predicted octanol–water partition coefficient (Wildman–Crippen LogP) is 43.1. The molecule has 0 atom stereocenters. The van der Waals surface area contributed by atoms with E-state index in [0.717, 1.165) is 88.2 Å². The van der Waals surface area contributed by atoms with Crippen LogP contribution in [0, 0.1) is 0 Å². The Morgan fingerprint density at radius 2 is 0.265 bits per heavy atom. The normalized spacial score (nSPS) is 11.5. The van der Waals surface area contributed by atoms with Crippen molar-refractivity contribution in [1.82, 2.24) is 0 Å². The van der Waals surface area contributed by atoms with Gasteiger partial charge in [-0.1, -0.05) is 619 Å². The third-order valence-electron chi connectivity index (χ3n) is 29.0. The molecule has 0 N–H and O–H groups in total. The molecule has 0 fully saturated rings. The molecule has 2 aromatic rings. The van der Waals surface area contributed by atoms with E-state index >= 15 is 0 Å². The second kappa shape index (κ2) is 107. The minimum atomic E-state index is -0.451. The van der Waals surface area contributed by atoms with E-state index in [-0.39, 0.29) is 26.1 Å². The number of carbonyl (C=O) groups excluding carboxylic acids is 2. The molecule has 136 heavy (non-hydrogen) atoms. The summed E-state index contributed by atoms with van der Waals surface area (Å²) in [4.78, 5) is 27.8. The Morgan fingerprint density at radius 3 is 0.390 bits per heavy atom. The summed E-state index contributed by atoms with van der Waals surface area (Å²) in [5.74, 6) is 3.08. The van der Waals surface area contributed by atoms with Crippen molar-refractivity contribution in [3.63, 3.8) is 0 Å². The Morgan fingerprint density at radius 1 is 0.154 bits per heavy atom. The van der Waals surface area contributed by atoms with Crippen molar-refractivity contribution in [2.75, 3.05) is 39.6 Å². The van der Waals surface area contributed by atoms with E-state index < -0.39 is 11.9 Å². The van der Waals surface area contributed by atoms with Crippen LogP contribution in [-0.4, -0.2) is 51.6 Å². The SMILES string of the molecule is CCCCCCCCCCCCCCCCCCOc1cc(COC(=O)CCC(=O)OCc2cc(OCCCCCCCCCCCCCCCCCC)c(OCCCCCCCCCCCCCCCCCC)c(OCCCCCCCCCCCCCCCCCC)c2)cc(OCCCCCCCCCCCCCCCCCC)c1OCCCCCCCCCCCCCCCCCC. The molecule has 10 nitrogen and oxygen atoms in total. The van der Waals surface area contributed by atoms with Gasteiger partial charge in [0.2, 0.25) is 11.5 Å². The van der Waals surface area contributed by atoms with Crippen LogP contribution >= 0.6 is 0 Å². The molecule has 0 aliphatic rings. The first-order valence-electron chi connectivity index (χ1n) is 61.8. The van der Waals surface area contributed by atoms with E-state index in [2.05, 4.69) is 41.5 Å². The molecule has 2 rings (SSSR count). The number of rotatable bonds is 115. The smallest absolute Gasteiger partial charge is 0.306 e. The fourth-order valence-corrected chi connectivity index (χ4v) is 19.8. The van der Waals surface area contributed by atoms with Crippen molar-refractivity contribution < 1.29 is 47.5 Å². The van der Waals surface area contributed by atoms with Crippen LogP contribution in [0.3, 0.4) is 0 Å². The highest BCUT2D eigenvalue weighted by Gasteiger charge is 2.21. The van der Waals surface area contributed by atoms with Crippen molar-refractivity contribution in [3.05, 3.63) is 35.4 Å². The van der Waals surface area contributed by atoms with Gasteiger partial charge < -0.3 is 37.9 Å². The number of carbonyl (C=O) groups is 2. The Kier molecular flexibility index (Phi) is 101. The van der Waals surface area contributed by atoms with Crippen LogP contribution < -0.4 is 28.4 Å². The van der Waals surface area contributed by atoms with Crippen LogP contribution in [0.1, 0.15) is 682 Å². The van der Waals surface area contributed by atoms with Crippen LogP contribution in [0.2, 0.25) is 0 Å². The van der Waals surface area contributed by atoms with Crippen molar-refractivity contribution >= 4 is 11.9 Å². The third-order valence-corrected chi connectivity index (χ3v) is 29.0. The summed E-state index contributed by atoms with van der Waals surface area (Å²) >= 11 is 0. The summed E-state index contributed by atoms with van der Waals surface area (Å²) in [6, 6.07) is 8.03. The molecule has 0 spiro atoms. The number of unbranched alkanes of at least 4 members (excludes halogenated alkanes) is 90. The molecular weight excluding hydrogens is 1670 g/mol. The zero-order valence-electron chi connectivity index (χ0n) is 92.3. The minimum Gasteiger partial charge on any atom is -0.490 e. The zero-order valence-corrected chi connectivity index (χ0v) is 92.3. The molecule has 798 valence electrons. The lowest BCUT2D eigenvalue weighted by molar-refractivity contribution is -0.151. The first kappa shape index (κ1) is 128. The maximum Gasteiger partial charge on any atom is 0.306 e. The predicted molar refractivity (Wildman–Crippen MR) is 592 cm³/mol. The number of esters is 2. The number of hydrogen-bond acceptors (Lipinski definition) is 10. The quantitative estimate of drug-likeness (QED) is 0.0469. The maximum absolute atomic E-state index is 13.9. The van der Waals surface area contributed by atoms with E-state index in [9.17, 15) is 9.59 Å². The van der Waals surface area contributed by atoms with Crippen molar-refractivity contribution in [2.24, 2.45) is 0 Å². The Balaban J connectivity index is 2.33. The summed E-state index contributed by atoms with van der Waals surface area (Å²) in [5, 5.41) is 0. The summed E-state index contributed by atoms with van der Waals surface area (Å²) < 4.78 is 52.9. The fraction of sp³-hybridized carbons (Fsp3) is 0.889. The van der Waals surface area contributed by atoms with Gasteiger partial charge in [0.15, 0.2) is 23.0 Å². The molecule has 2 aromatic carbocycles. The summed E-state index contributed by atoms with van der Waals surface area (Å²) in [6.45, 7) is 17.4. The first-order chi connectivity index (χ1) is 67.4. The Hall–Kier alpha value is -3.82. The van der Waals surface area contributed by atoms with Crippen molar-refractivity contribution in [1.29, 1.82) is 0 Å². The largest absolute Gasteiger partial charge is 0.490 e. The minimum absolute atomic E-state index is 0.0242. The molecular formula is C126H234O10. The molecule has 0 heterocycles. The maximum atomic E-state index is 13.9. The van der Waals surface area contributed by atoms with Crippen LogP contribution in [0.5, 0.6) is 34.5 Å². The number of hydrogen-bond donors (Lipinski definition) is 0. The van der Waals surface area contributed by atoms with E-state index in [1.807, 2.05) is 24.3 Å². The Labute approximate surface area is 847 Å². The van der Waals surface area contributed by atoms with Crippen molar-refractivity contribution in [3.8, 4) is 34.5 Å². The lowest BCUT2D eigenvalue weighted by Crippen LogP contribution is -2.11. The lowest BCUT2D eigenvalue weighted by Gasteiger charge is -2.19. The van der Waals surface area contributed by atoms with Gasteiger partial charge in [-0.15, -0.1) is 0 Å². The highest BCUT2D eigenvalue weighted by Crippen LogP contribution is 2.42. The summed E-state index contributed by atoms with van der Waals surface area (Å²) in [5.41, 5.74) is 1.57.